The smallest absolute Gasteiger partial charge is 0.416 e. The number of benzene rings is 3. The summed E-state index contributed by atoms with van der Waals surface area (Å²) in [4.78, 5) is 3.85. The van der Waals surface area contributed by atoms with Crippen LogP contribution in [-0.2, 0) is 26.0 Å². The average molecular weight is 597 g/mol. The summed E-state index contributed by atoms with van der Waals surface area (Å²) in [7, 11) is -7.74. The number of sulfone groups is 1. The molecule has 0 saturated heterocycles. The molecule has 1 N–H and O–H groups in total. The Hall–Kier alpha value is -2.58. The van der Waals surface area contributed by atoms with Crippen molar-refractivity contribution in [1.82, 2.24) is 4.98 Å². The highest BCUT2D eigenvalue weighted by Crippen LogP contribution is 2.37. The van der Waals surface area contributed by atoms with Gasteiger partial charge in [-0.05, 0) is 54.6 Å². The minimum Gasteiger partial charge on any atom is -0.429 e. The van der Waals surface area contributed by atoms with Crippen molar-refractivity contribution >= 4 is 70.3 Å². The highest BCUT2D eigenvalue weighted by Gasteiger charge is 2.32. The van der Waals surface area contributed by atoms with E-state index in [-0.39, 0.29) is 26.5 Å². The molecule has 190 valence electrons. The first-order valence-corrected chi connectivity index (χ1v) is 14.6. The van der Waals surface area contributed by atoms with Crippen LogP contribution in [0, 0.1) is 0 Å². The fourth-order valence-electron chi connectivity index (χ4n) is 3.00. The molecule has 0 spiro atoms. The number of hydrogen-bond donors (Lipinski definition) is 1. The molecule has 0 amide bonds. The van der Waals surface area contributed by atoms with Gasteiger partial charge in [0.1, 0.15) is 10.6 Å². The molecule has 0 saturated carbocycles. The van der Waals surface area contributed by atoms with Crippen LogP contribution >= 0.6 is 34.5 Å². The van der Waals surface area contributed by atoms with E-state index in [1.54, 1.807) is 6.07 Å². The van der Waals surface area contributed by atoms with Crippen LogP contribution in [0.15, 0.2) is 64.4 Å². The second kappa shape index (κ2) is 9.38. The molecule has 4 rings (SSSR count). The van der Waals surface area contributed by atoms with Gasteiger partial charge < -0.3 is 4.74 Å². The zero-order valence-electron chi connectivity index (χ0n) is 17.8. The number of anilines is 1. The van der Waals surface area contributed by atoms with Crippen LogP contribution in [0.5, 0.6) is 10.9 Å². The van der Waals surface area contributed by atoms with Gasteiger partial charge in [0, 0.05) is 6.26 Å². The molecule has 0 radical (unpaired) electrons. The summed E-state index contributed by atoms with van der Waals surface area (Å²) in [5.74, 6) is 0.134. The number of hydrogen-bond acceptors (Lipinski definition) is 7. The monoisotopic (exact) mass is 596 g/mol. The van der Waals surface area contributed by atoms with E-state index in [9.17, 15) is 30.0 Å². The Bertz CT molecular complexity index is 1710. The molecule has 36 heavy (non-hydrogen) atoms. The van der Waals surface area contributed by atoms with Gasteiger partial charge in [-0.3, -0.25) is 4.72 Å². The summed E-state index contributed by atoms with van der Waals surface area (Å²) in [6.45, 7) is 0. The summed E-state index contributed by atoms with van der Waals surface area (Å²) >= 11 is 13.1. The number of halogens is 5. The number of nitrogens with zero attached hydrogens (tertiary/aromatic N) is 1. The lowest BCUT2D eigenvalue weighted by atomic mass is 10.2. The Kier molecular flexibility index (Phi) is 6.90. The van der Waals surface area contributed by atoms with Crippen LogP contribution in [0.3, 0.4) is 0 Å². The number of alkyl halides is 3. The summed E-state index contributed by atoms with van der Waals surface area (Å²) < 4.78 is 95.8. The van der Waals surface area contributed by atoms with E-state index in [0.717, 1.165) is 23.7 Å². The summed E-state index contributed by atoms with van der Waals surface area (Å²) in [5, 5.41) is -0.426. The molecule has 3 aromatic carbocycles. The number of ether oxygens (including phenoxy) is 1. The van der Waals surface area contributed by atoms with Crippen molar-refractivity contribution in [3.8, 4) is 10.9 Å². The second-order valence-corrected chi connectivity index (χ2v) is 12.9. The summed E-state index contributed by atoms with van der Waals surface area (Å²) in [6.07, 6.45) is -3.59. The number of nitrogens with one attached hydrogen (secondary N) is 1. The van der Waals surface area contributed by atoms with Crippen molar-refractivity contribution in [1.29, 1.82) is 0 Å². The molecule has 0 aliphatic carbocycles. The largest absolute Gasteiger partial charge is 0.429 e. The van der Waals surface area contributed by atoms with E-state index in [1.807, 2.05) is 0 Å². The van der Waals surface area contributed by atoms with Gasteiger partial charge in [0.05, 0.1) is 36.4 Å². The minimum atomic E-state index is -4.68. The molecule has 15 heteroatoms. The predicted octanol–water partition coefficient (Wildman–Crippen LogP) is 6.62. The van der Waals surface area contributed by atoms with Gasteiger partial charge in [0.2, 0.25) is 0 Å². The molecule has 4 aromatic rings. The van der Waals surface area contributed by atoms with Crippen molar-refractivity contribution in [3.63, 3.8) is 0 Å². The van der Waals surface area contributed by atoms with Crippen molar-refractivity contribution in [2.75, 3.05) is 11.0 Å². The second-order valence-electron chi connectivity index (χ2n) is 7.38. The third-order valence-electron chi connectivity index (χ3n) is 4.70. The Labute approximate surface area is 217 Å². The molecule has 0 unspecified atom stereocenters. The number of rotatable bonds is 6. The summed E-state index contributed by atoms with van der Waals surface area (Å²) in [5.41, 5.74) is -0.569. The van der Waals surface area contributed by atoms with Crippen molar-refractivity contribution in [2.24, 2.45) is 0 Å². The molecule has 0 atom stereocenters. The Morgan fingerprint density at radius 3 is 2.28 bits per heavy atom. The number of fused-ring (bicyclic) bond motifs is 1. The minimum absolute atomic E-state index is 0.00444. The van der Waals surface area contributed by atoms with Crippen LogP contribution in [-0.4, -0.2) is 28.1 Å². The first-order valence-electron chi connectivity index (χ1n) is 9.61. The van der Waals surface area contributed by atoms with Gasteiger partial charge in [-0.25, -0.2) is 21.8 Å². The quantitative estimate of drug-likeness (QED) is 0.268. The molecule has 1 aromatic heterocycles. The Morgan fingerprint density at radius 1 is 0.944 bits per heavy atom. The molecule has 1 heterocycles. The van der Waals surface area contributed by atoms with Gasteiger partial charge in [-0.1, -0.05) is 34.5 Å². The third-order valence-corrected chi connectivity index (χ3v) is 8.86. The lowest BCUT2D eigenvalue weighted by molar-refractivity contribution is -0.137. The van der Waals surface area contributed by atoms with Crippen molar-refractivity contribution < 1.29 is 34.7 Å². The fourth-order valence-corrected chi connectivity index (χ4v) is 6.41. The maximum Gasteiger partial charge on any atom is 0.416 e. The maximum atomic E-state index is 12.8. The van der Waals surface area contributed by atoms with Crippen LogP contribution in [0.25, 0.3) is 10.2 Å². The lowest BCUT2D eigenvalue weighted by Crippen LogP contribution is -2.14. The van der Waals surface area contributed by atoms with E-state index in [2.05, 4.69) is 9.71 Å². The molecule has 7 nitrogen and oxygen atoms in total. The molecule has 0 bridgehead atoms. The molecule has 0 aliphatic heterocycles. The van der Waals surface area contributed by atoms with Gasteiger partial charge >= 0.3 is 6.18 Å². The maximum absolute atomic E-state index is 12.8. The normalized spacial score (nSPS) is 12.6. The number of thiazole rings is 1. The molecular formula is C21H13Cl2F3N2O5S3. The summed E-state index contributed by atoms with van der Waals surface area (Å²) in [6, 6.07) is 10.3. The van der Waals surface area contributed by atoms with Crippen LogP contribution in [0.1, 0.15) is 5.56 Å². The average Bonchev–Trinajstić information content (AvgIpc) is 3.15. The Morgan fingerprint density at radius 2 is 1.67 bits per heavy atom. The lowest BCUT2D eigenvalue weighted by Gasteiger charge is -2.13. The van der Waals surface area contributed by atoms with Crippen LogP contribution < -0.4 is 9.46 Å². The molecular weight excluding hydrogens is 584 g/mol. The number of sulfonamides is 1. The van der Waals surface area contributed by atoms with E-state index in [0.29, 0.717) is 22.3 Å². The van der Waals surface area contributed by atoms with Crippen molar-refractivity contribution in [3.05, 3.63) is 70.2 Å². The van der Waals surface area contributed by atoms with Gasteiger partial charge in [-0.15, -0.1) is 0 Å². The topological polar surface area (TPSA) is 102 Å². The molecule has 0 aliphatic rings. The van der Waals surface area contributed by atoms with Gasteiger partial charge in [0.15, 0.2) is 9.84 Å². The standard InChI is InChI=1S/C21H13Cl2F3N2O5S3/c1-35(29,30)13-4-5-16-18(10-13)34-20(27-16)33-17-6-3-12(9-14(17)22)28-36(31,32)19-7-2-11(8-15(19)23)21(24,25)26/h2-10,28H,1H3. The van der Waals surface area contributed by atoms with Gasteiger partial charge in [0.25, 0.3) is 15.2 Å². The highest BCUT2D eigenvalue weighted by molar-refractivity contribution is 7.92. The first kappa shape index (κ1) is 26.5. The van der Waals surface area contributed by atoms with Crippen LogP contribution in [0.2, 0.25) is 10.0 Å². The highest BCUT2D eigenvalue weighted by atomic mass is 35.5. The SMILES string of the molecule is CS(=O)(=O)c1ccc2nc(Oc3ccc(NS(=O)(=O)c4ccc(C(F)(F)F)cc4Cl)cc3Cl)sc2c1. The Balaban J connectivity index is 1.55. The predicted molar refractivity (Wildman–Crippen MR) is 132 cm³/mol. The van der Waals surface area contributed by atoms with Crippen LogP contribution in [0.4, 0.5) is 18.9 Å². The van der Waals surface area contributed by atoms with E-state index in [4.69, 9.17) is 27.9 Å². The third kappa shape index (κ3) is 5.70. The van der Waals surface area contributed by atoms with Gasteiger partial charge in [-0.2, -0.15) is 13.2 Å². The van der Waals surface area contributed by atoms with E-state index >= 15 is 0 Å². The zero-order chi connectivity index (χ0) is 26.5. The zero-order valence-corrected chi connectivity index (χ0v) is 21.8. The van der Waals surface area contributed by atoms with Crippen molar-refractivity contribution in [2.45, 2.75) is 16.0 Å². The van der Waals surface area contributed by atoms with E-state index in [1.165, 1.54) is 30.3 Å². The molecule has 0 fully saturated rings. The number of aromatic nitrogens is 1. The fraction of sp³-hybridized carbons (Fsp3) is 0.0952. The first-order chi connectivity index (χ1) is 16.6. The van der Waals surface area contributed by atoms with E-state index < -0.39 is 41.5 Å².